The number of carbonyl (C=O) groups is 1. The van der Waals surface area contributed by atoms with Crippen molar-refractivity contribution in [2.75, 3.05) is 18.2 Å². The number of carbonyl (C=O) groups excluding carboxylic acids is 1. The highest BCUT2D eigenvalue weighted by atomic mass is 16.5. The molecule has 1 atom stereocenters. The standard InChI is InChI=1S/C23H19N3O3/c1-29-21-10-11-25-19(21)13-17-22-14(4-3-7-18(22)26-23(17)28)8-9-20(27)15-5-2-6-16(24)12-15/h2-7,10-13,20,25,27H,24H2,1H3,(H,26,28)/b17-13-. The summed E-state index contributed by atoms with van der Waals surface area (Å²) in [4.78, 5) is 15.6. The number of amides is 1. The fourth-order valence-electron chi connectivity index (χ4n) is 3.25. The number of ether oxygens (including phenoxy) is 1. The molecular formula is C23H19N3O3. The molecule has 1 aliphatic heterocycles. The van der Waals surface area contributed by atoms with E-state index in [-0.39, 0.29) is 5.91 Å². The minimum Gasteiger partial charge on any atom is -0.495 e. The van der Waals surface area contributed by atoms with Crippen molar-refractivity contribution in [3.63, 3.8) is 0 Å². The molecule has 0 aliphatic carbocycles. The van der Waals surface area contributed by atoms with E-state index in [1.165, 1.54) is 0 Å². The minimum absolute atomic E-state index is 0.220. The highest BCUT2D eigenvalue weighted by Crippen LogP contribution is 2.36. The van der Waals surface area contributed by atoms with Gasteiger partial charge in [0.25, 0.3) is 5.91 Å². The number of aliphatic hydroxyl groups excluding tert-OH is 1. The normalized spacial score (nSPS) is 14.7. The van der Waals surface area contributed by atoms with Crippen LogP contribution in [0, 0.1) is 11.8 Å². The second-order valence-corrected chi connectivity index (χ2v) is 6.54. The lowest BCUT2D eigenvalue weighted by Gasteiger charge is -2.05. The predicted octanol–water partition coefficient (Wildman–Crippen LogP) is 3.18. The number of aromatic amines is 1. The Balaban J connectivity index is 1.74. The van der Waals surface area contributed by atoms with Gasteiger partial charge in [0.1, 0.15) is 11.9 Å². The molecule has 2 aromatic carbocycles. The maximum Gasteiger partial charge on any atom is 0.256 e. The molecule has 0 fully saturated rings. The van der Waals surface area contributed by atoms with Gasteiger partial charge in [-0.15, -0.1) is 0 Å². The van der Waals surface area contributed by atoms with E-state index in [4.69, 9.17) is 10.5 Å². The summed E-state index contributed by atoms with van der Waals surface area (Å²) >= 11 is 0. The van der Waals surface area contributed by atoms with Gasteiger partial charge in [-0.25, -0.2) is 0 Å². The van der Waals surface area contributed by atoms with Crippen LogP contribution in [0.5, 0.6) is 5.75 Å². The molecule has 4 rings (SSSR count). The molecule has 6 heteroatoms. The van der Waals surface area contributed by atoms with Crippen LogP contribution < -0.4 is 15.8 Å². The summed E-state index contributed by atoms with van der Waals surface area (Å²) < 4.78 is 5.31. The van der Waals surface area contributed by atoms with Gasteiger partial charge < -0.3 is 25.9 Å². The van der Waals surface area contributed by atoms with Crippen molar-refractivity contribution < 1.29 is 14.6 Å². The van der Waals surface area contributed by atoms with E-state index in [2.05, 4.69) is 22.1 Å². The summed E-state index contributed by atoms with van der Waals surface area (Å²) in [6.45, 7) is 0. The number of hydrogen-bond donors (Lipinski definition) is 4. The molecule has 1 unspecified atom stereocenters. The van der Waals surface area contributed by atoms with Crippen LogP contribution in [0.15, 0.2) is 54.7 Å². The van der Waals surface area contributed by atoms with Crippen LogP contribution in [0.1, 0.15) is 28.5 Å². The van der Waals surface area contributed by atoms with Gasteiger partial charge in [-0.1, -0.05) is 30.0 Å². The number of hydrogen-bond acceptors (Lipinski definition) is 4. The van der Waals surface area contributed by atoms with Crippen molar-refractivity contribution in [3.05, 3.63) is 77.1 Å². The number of nitrogens with one attached hydrogen (secondary N) is 2. The van der Waals surface area contributed by atoms with Gasteiger partial charge in [0, 0.05) is 23.0 Å². The Hall–Kier alpha value is -3.95. The van der Waals surface area contributed by atoms with Crippen LogP contribution in [0.25, 0.3) is 11.6 Å². The lowest BCUT2D eigenvalue weighted by atomic mass is 9.99. The second kappa shape index (κ2) is 7.58. The van der Waals surface area contributed by atoms with E-state index >= 15 is 0 Å². The fraction of sp³-hybridized carbons (Fsp3) is 0.0870. The zero-order valence-electron chi connectivity index (χ0n) is 15.7. The predicted molar refractivity (Wildman–Crippen MR) is 113 cm³/mol. The van der Waals surface area contributed by atoms with Crippen molar-refractivity contribution >= 4 is 28.9 Å². The van der Waals surface area contributed by atoms with E-state index in [0.29, 0.717) is 45.1 Å². The van der Waals surface area contributed by atoms with Gasteiger partial charge in [0.05, 0.1) is 24.1 Å². The van der Waals surface area contributed by atoms with Gasteiger partial charge in [-0.2, -0.15) is 0 Å². The first-order valence-corrected chi connectivity index (χ1v) is 8.99. The minimum atomic E-state index is -0.990. The van der Waals surface area contributed by atoms with Crippen molar-refractivity contribution in [1.82, 2.24) is 4.98 Å². The molecule has 1 aliphatic rings. The number of methoxy groups -OCH3 is 1. The number of fused-ring (bicyclic) bond motifs is 1. The molecule has 29 heavy (non-hydrogen) atoms. The molecule has 3 aromatic rings. The smallest absolute Gasteiger partial charge is 0.256 e. The topological polar surface area (TPSA) is 100 Å². The van der Waals surface area contributed by atoms with E-state index in [1.807, 2.05) is 18.2 Å². The van der Waals surface area contributed by atoms with E-state index in [9.17, 15) is 9.90 Å². The van der Waals surface area contributed by atoms with Crippen LogP contribution in [-0.2, 0) is 4.79 Å². The molecule has 1 amide bonds. The third-order valence-corrected chi connectivity index (χ3v) is 4.64. The Kier molecular flexibility index (Phi) is 4.82. The largest absolute Gasteiger partial charge is 0.495 e. The zero-order valence-corrected chi connectivity index (χ0v) is 15.7. The first-order chi connectivity index (χ1) is 14.1. The number of nitrogen functional groups attached to an aromatic ring is 1. The van der Waals surface area contributed by atoms with Crippen molar-refractivity contribution in [2.45, 2.75) is 6.10 Å². The Bertz CT molecular complexity index is 1180. The quantitative estimate of drug-likeness (QED) is 0.316. The number of rotatable bonds is 3. The summed E-state index contributed by atoms with van der Waals surface area (Å²) in [5, 5.41) is 13.3. The second-order valence-electron chi connectivity index (χ2n) is 6.54. The SMILES string of the molecule is COc1cc[nH]c1/C=C1\C(=O)Nc2cccc(C#CC(O)c3cccc(N)c3)c21. The van der Waals surface area contributed by atoms with Crippen LogP contribution in [0.4, 0.5) is 11.4 Å². The van der Waals surface area contributed by atoms with Crippen LogP contribution in [0.3, 0.4) is 0 Å². The zero-order chi connectivity index (χ0) is 20.4. The summed E-state index contributed by atoms with van der Waals surface area (Å²) in [5.41, 5.74) is 10.1. The highest BCUT2D eigenvalue weighted by molar-refractivity contribution is 6.35. The van der Waals surface area contributed by atoms with Crippen molar-refractivity contribution in [1.29, 1.82) is 0 Å². The molecule has 2 heterocycles. The summed E-state index contributed by atoms with van der Waals surface area (Å²) in [7, 11) is 1.57. The first kappa shape index (κ1) is 18.4. The van der Waals surface area contributed by atoms with Gasteiger partial charge in [0.2, 0.25) is 0 Å². The van der Waals surface area contributed by atoms with Crippen LogP contribution >= 0.6 is 0 Å². The number of anilines is 2. The summed E-state index contributed by atoms with van der Waals surface area (Å²) in [6, 6.07) is 14.2. The fourth-order valence-corrected chi connectivity index (χ4v) is 3.25. The van der Waals surface area contributed by atoms with E-state index in [0.717, 1.165) is 0 Å². The van der Waals surface area contributed by atoms with Gasteiger partial charge >= 0.3 is 0 Å². The third-order valence-electron chi connectivity index (χ3n) is 4.64. The number of aliphatic hydroxyl groups is 1. The molecule has 0 saturated carbocycles. The third kappa shape index (κ3) is 3.59. The molecule has 0 spiro atoms. The highest BCUT2D eigenvalue weighted by Gasteiger charge is 2.27. The van der Waals surface area contributed by atoms with Crippen molar-refractivity contribution in [3.8, 4) is 17.6 Å². The monoisotopic (exact) mass is 385 g/mol. The molecule has 1 aromatic heterocycles. The average molecular weight is 385 g/mol. The molecule has 0 bridgehead atoms. The summed E-state index contributed by atoms with van der Waals surface area (Å²) in [6.07, 6.45) is 2.49. The van der Waals surface area contributed by atoms with Crippen molar-refractivity contribution in [2.24, 2.45) is 0 Å². The molecular weight excluding hydrogens is 366 g/mol. The maximum absolute atomic E-state index is 12.6. The lowest BCUT2D eigenvalue weighted by molar-refractivity contribution is -0.110. The van der Waals surface area contributed by atoms with Crippen LogP contribution in [-0.4, -0.2) is 23.1 Å². The molecule has 0 radical (unpaired) electrons. The molecule has 0 saturated heterocycles. The molecule has 144 valence electrons. The number of aromatic nitrogens is 1. The van der Waals surface area contributed by atoms with Gasteiger partial charge in [-0.3, -0.25) is 4.79 Å². The van der Waals surface area contributed by atoms with Crippen LogP contribution in [0.2, 0.25) is 0 Å². The summed E-state index contributed by atoms with van der Waals surface area (Å²) in [5.74, 6) is 6.26. The average Bonchev–Trinajstić information content (AvgIpc) is 3.30. The number of nitrogens with two attached hydrogens (primary N) is 1. The van der Waals surface area contributed by atoms with E-state index < -0.39 is 6.10 Å². The Morgan fingerprint density at radius 2 is 2.03 bits per heavy atom. The maximum atomic E-state index is 12.6. The number of benzene rings is 2. The van der Waals surface area contributed by atoms with Gasteiger partial charge in [0.15, 0.2) is 0 Å². The lowest BCUT2D eigenvalue weighted by Crippen LogP contribution is -2.03. The molecule has 5 N–H and O–H groups in total. The Morgan fingerprint density at radius 1 is 1.21 bits per heavy atom. The van der Waals surface area contributed by atoms with E-state index in [1.54, 1.807) is 49.7 Å². The Labute approximate surface area is 168 Å². The first-order valence-electron chi connectivity index (χ1n) is 8.99. The Morgan fingerprint density at radius 3 is 2.83 bits per heavy atom. The molecule has 6 nitrogen and oxygen atoms in total. The number of H-pyrrole nitrogens is 1. The van der Waals surface area contributed by atoms with Gasteiger partial charge in [-0.05, 0) is 42.0 Å².